The van der Waals surface area contributed by atoms with Crippen LogP contribution in [0, 0.1) is 0 Å². The lowest BCUT2D eigenvalue weighted by molar-refractivity contribution is -0.0317. The van der Waals surface area contributed by atoms with Crippen molar-refractivity contribution in [2.45, 2.75) is 62.7 Å². The number of halogens is 1. The molecule has 1 saturated heterocycles. The van der Waals surface area contributed by atoms with Gasteiger partial charge in [-0.25, -0.2) is 4.79 Å². The van der Waals surface area contributed by atoms with Crippen molar-refractivity contribution in [3.05, 3.63) is 64.7 Å². The topological polar surface area (TPSA) is 82.0 Å². The smallest absolute Gasteiger partial charge is 0.407 e. The maximum Gasteiger partial charge on any atom is 0.407 e. The van der Waals surface area contributed by atoms with Crippen LogP contribution in [0.15, 0.2) is 48.5 Å². The molecule has 6 nitrogen and oxygen atoms in total. The minimum absolute atomic E-state index is 0.194. The molecule has 3 N–H and O–H groups in total. The maximum absolute atomic E-state index is 11.8. The molecule has 2 aromatic rings. The summed E-state index contributed by atoms with van der Waals surface area (Å²) in [4.78, 5) is 13.3. The molecule has 2 atom stereocenters. The number of piperazine rings is 1. The van der Waals surface area contributed by atoms with Crippen LogP contribution in [0.5, 0.6) is 5.75 Å². The van der Waals surface area contributed by atoms with E-state index in [9.17, 15) is 15.0 Å². The molecule has 2 aromatic carbocycles. The summed E-state index contributed by atoms with van der Waals surface area (Å²) < 4.78 is 5.94. The van der Waals surface area contributed by atoms with E-state index in [0.29, 0.717) is 43.4 Å². The Morgan fingerprint density at radius 1 is 1.18 bits per heavy atom. The van der Waals surface area contributed by atoms with Crippen molar-refractivity contribution < 1.29 is 19.7 Å². The van der Waals surface area contributed by atoms with Crippen molar-refractivity contribution in [3.63, 3.8) is 0 Å². The van der Waals surface area contributed by atoms with Crippen molar-refractivity contribution in [2.24, 2.45) is 0 Å². The highest BCUT2D eigenvalue weighted by Crippen LogP contribution is 2.44. The van der Waals surface area contributed by atoms with Crippen molar-refractivity contribution in [1.82, 2.24) is 10.2 Å². The molecule has 1 aliphatic carbocycles. The van der Waals surface area contributed by atoms with Crippen molar-refractivity contribution in [3.8, 4) is 5.75 Å². The number of benzene rings is 2. The van der Waals surface area contributed by atoms with Crippen LogP contribution < -0.4 is 10.1 Å². The average molecular weight is 473 g/mol. The first-order valence-corrected chi connectivity index (χ1v) is 12.2. The molecule has 0 radical (unpaired) electrons. The number of carboxylic acid groups (broad SMARTS) is 1. The molecule has 178 valence electrons. The highest BCUT2D eigenvalue weighted by atomic mass is 35.5. The number of ether oxygens (including phenoxy) is 1. The summed E-state index contributed by atoms with van der Waals surface area (Å²) in [5.41, 5.74) is 1.13. The summed E-state index contributed by atoms with van der Waals surface area (Å²) >= 11 is 6.62. The van der Waals surface area contributed by atoms with Crippen LogP contribution in [-0.4, -0.2) is 52.5 Å². The predicted molar refractivity (Wildman–Crippen MR) is 129 cm³/mol. The van der Waals surface area contributed by atoms with Gasteiger partial charge < -0.3 is 25.2 Å². The van der Waals surface area contributed by atoms with Crippen LogP contribution in [0.4, 0.5) is 4.79 Å². The van der Waals surface area contributed by atoms with Gasteiger partial charge >= 0.3 is 6.09 Å². The molecule has 1 heterocycles. The van der Waals surface area contributed by atoms with Gasteiger partial charge in [-0.05, 0) is 42.5 Å². The van der Waals surface area contributed by atoms with Crippen LogP contribution in [-0.2, 0) is 6.61 Å². The Bertz CT molecular complexity index is 933. The van der Waals surface area contributed by atoms with Crippen molar-refractivity contribution >= 4 is 17.7 Å². The molecule has 2 unspecified atom stereocenters. The summed E-state index contributed by atoms with van der Waals surface area (Å²) in [5, 5.41) is 25.2. The van der Waals surface area contributed by atoms with E-state index in [-0.39, 0.29) is 12.0 Å². The van der Waals surface area contributed by atoms with Gasteiger partial charge in [-0.15, -0.1) is 0 Å². The van der Waals surface area contributed by atoms with E-state index in [1.807, 2.05) is 48.5 Å². The van der Waals surface area contributed by atoms with Crippen molar-refractivity contribution in [2.75, 3.05) is 19.6 Å². The van der Waals surface area contributed by atoms with Gasteiger partial charge in [0, 0.05) is 31.6 Å². The molecule has 4 rings (SSSR count). The maximum atomic E-state index is 11.8. The van der Waals surface area contributed by atoms with Crippen LogP contribution >= 0.6 is 11.6 Å². The second-order valence-electron chi connectivity index (χ2n) is 9.25. The molecule has 0 spiro atoms. The fourth-order valence-electron chi connectivity index (χ4n) is 5.26. The Kier molecular flexibility index (Phi) is 7.78. The van der Waals surface area contributed by atoms with Gasteiger partial charge in [0.1, 0.15) is 12.4 Å². The molecule has 2 fully saturated rings. The number of rotatable bonds is 7. The molecule has 0 bridgehead atoms. The largest absolute Gasteiger partial charge is 0.487 e. The van der Waals surface area contributed by atoms with Crippen LogP contribution in [0.2, 0.25) is 5.02 Å². The van der Waals surface area contributed by atoms with Crippen LogP contribution in [0.3, 0.4) is 0 Å². The fraction of sp³-hybridized carbons (Fsp3) is 0.500. The molecule has 7 heteroatoms. The minimum Gasteiger partial charge on any atom is -0.487 e. The monoisotopic (exact) mass is 472 g/mol. The Balaban J connectivity index is 1.57. The van der Waals surface area contributed by atoms with Gasteiger partial charge in [0.25, 0.3) is 0 Å². The third-order valence-corrected chi connectivity index (χ3v) is 7.36. The summed E-state index contributed by atoms with van der Waals surface area (Å²) in [5.74, 6) is 0.398. The summed E-state index contributed by atoms with van der Waals surface area (Å²) in [6.07, 6.45) is 4.15. The number of nitrogens with one attached hydrogen (secondary N) is 1. The van der Waals surface area contributed by atoms with Gasteiger partial charge in [-0.1, -0.05) is 67.3 Å². The SMILES string of the molecule is O=C(O)N1CCNCC1CC(c1ccc(OCc2ccccc2)c(Cl)c1)C1(O)CCCCC1. The number of aliphatic hydroxyl groups is 1. The molecule has 1 aliphatic heterocycles. The fourth-order valence-corrected chi connectivity index (χ4v) is 5.50. The van der Waals surface area contributed by atoms with E-state index in [4.69, 9.17) is 16.3 Å². The lowest BCUT2D eigenvalue weighted by Gasteiger charge is -2.43. The van der Waals surface area contributed by atoms with Crippen LogP contribution in [0.1, 0.15) is 55.6 Å². The van der Waals surface area contributed by atoms with E-state index in [1.54, 1.807) is 0 Å². The second-order valence-corrected chi connectivity index (χ2v) is 9.66. The van der Waals surface area contributed by atoms with Gasteiger partial charge in [0.05, 0.1) is 10.6 Å². The normalized spacial score (nSPS) is 21.4. The first kappa shape index (κ1) is 23.9. The standard InChI is InChI=1S/C26H33ClN2O4/c27-23-15-20(9-10-24(23)33-18-19-7-3-1-4-8-19)22(26(32)11-5-2-6-12-26)16-21-17-28-13-14-29(21)25(30)31/h1,3-4,7-10,15,21-22,28,32H,2,5-6,11-14,16-18H2,(H,30,31). The third-order valence-electron chi connectivity index (χ3n) is 7.07. The highest BCUT2D eigenvalue weighted by molar-refractivity contribution is 6.32. The molecule has 1 amide bonds. The van der Waals surface area contributed by atoms with Gasteiger partial charge in [0.2, 0.25) is 0 Å². The lowest BCUT2D eigenvalue weighted by Crippen LogP contribution is -2.55. The zero-order chi connectivity index (χ0) is 23.3. The summed E-state index contributed by atoms with van der Waals surface area (Å²) in [6, 6.07) is 15.5. The molecular formula is C26H33ClN2O4. The second kappa shape index (κ2) is 10.8. The number of hydrogen-bond donors (Lipinski definition) is 3. The number of carbonyl (C=O) groups is 1. The molecule has 2 aliphatic rings. The Labute approximate surface area is 200 Å². The predicted octanol–water partition coefficient (Wildman–Crippen LogP) is 5.04. The van der Waals surface area contributed by atoms with Crippen LogP contribution in [0.25, 0.3) is 0 Å². The van der Waals surface area contributed by atoms with E-state index in [0.717, 1.165) is 43.2 Å². The van der Waals surface area contributed by atoms with Gasteiger partial charge in [0.15, 0.2) is 0 Å². The Morgan fingerprint density at radius 3 is 2.64 bits per heavy atom. The Morgan fingerprint density at radius 2 is 1.94 bits per heavy atom. The summed E-state index contributed by atoms with van der Waals surface area (Å²) in [7, 11) is 0. The van der Waals surface area contributed by atoms with E-state index in [2.05, 4.69) is 5.32 Å². The van der Waals surface area contributed by atoms with Gasteiger partial charge in [-0.3, -0.25) is 0 Å². The van der Waals surface area contributed by atoms with E-state index < -0.39 is 11.7 Å². The quantitative estimate of drug-likeness (QED) is 0.526. The van der Waals surface area contributed by atoms with E-state index >= 15 is 0 Å². The zero-order valence-corrected chi connectivity index (χ0v) is 19.6. The van der Waals surface area contributed by atoms with Crippen molar-refractivity contribution in [1.29, 1.82) is 0 Å². The molecular weight excluding hydrogens is 440 g/mol. The number of amides is 1. The average Bonchev–Trinajstić information content (AvgIpc) is 2.83. The Hall–Kier alpha value is -2.28. The molecule has 0 aromatic heterocycles. The minimum atomic E-state index is -0.904. The van der Waals surface area contributed by atoms with Gasteiger partial charge in [-0.2, -0.15) is 0 Å². The number of nitrogens with zero attached hydrogens (tertiary/aromatic N) is 1. The summed E-state index contributed by atoms with van der Waals surface area (Å²) in [6.45, 7) is 2.12. The molecule has 1 saturated carbocycles. The zero-order valence-electron chi connectivity index (χ0n) is 18.9. The lowest BCUT2D eigenvalue weighted by atomic mass is 9.70. The third kappa shape index (κ3) is 5.81. The first-order chi connectivity index (χ1) is 16.0. The highest BCUT2D eigenvalue weighted by Gasteiger charge is 2.41. The number of hydrogen-bond acceptors (Lipinski definition) is 4. The molecule has 33 heavy (non-hydrogen) atoms. The first-order valence-electron chi connectivity index (χ1n) is 11.8. The van der Waals surface area contributed by atoms with E-state index in [1.165, 1.54) is 4.90 Å².